The van der Waals surface area contributed by atoms with Crippen LogP contribution in [0.1, 0.15) is 0 Å². The fraction of sp³-hybridized carbons (Fsp3) is 0.0714. The highest BCUT2D eigenvalue weighted by Crippen LogP contribution is 2.22. The molecule has 0 aliphatic carbocycles. The molecule has 0 saturated carbocycles. The molecule has 0 atom stereocenters. The summed E-state index contributed by atoms with van der Waals surface area (Å²) in [6.45, 7) is 0. The summed E-state index contributed by atoms with van der Waals surface area (Å²) in [5.74, 6) is 0. The van der Waals surface area contributed by atoms with Crippen LogP contribution < -0.4 is 4.40 Å². The summed E-state index contributed by atoms with van der Waals surface area (Å²) in [5, 5.41) is 2.00. The van der Waals surface area contributed by atoms with Crippen LogP contribution in [0.3, 0.4) is 0 Å². The van der Waals surface area contributed by atoms with E-state index >= 15 is 0 Å². The Balaban J connectivity index is 0.000000574. The van der Waals surface area contributed by atoms with Crippen molar-refractivity contribution in [1.82, 2.24) is 0 Å². The zero-order valence-electron chi connectivity index (χ0n) is 9.70. The van der Waals surface area contributed by atoms with E-state index in [-0.39, 0.29) is 0 Å². The number of pyridine rings is 2. The van der Waals surface area contributed by atoms with Crippen molar-refractivity contribution in [2.75, 3.05) is 6.38 Å². The molecule has 2 aromatic heterocycles. The van der Waals surface area contributed by atoms with Crippen molar-refractivity contribution in [1.29, 1.82) is 0 Å². The van der Waals surface area contributed by atoms with Crippen LogP contribution in [0.15, 0.2) is 48.7 Å². The Bertz CT molecular complexity index is 698. The topological polar surface area (TPSA) is 4.10 Å². The highest BCUT2D eigenvalue weighted by atomic mass is 127. The quantitative estimate of drug-likeness (QED) is 0.227. The van der Waals surface area contributed by atoms with Gasteiger partial charge in [0.1, 0.15) is 0 Å². The zero-order chi connectivity index (χ0) is 13.1. The molecule has 0 unspecified atom stereocenters. The highest BCUT2D eigenvalue weighted by molar-refractivity contribution is 14.1. The average Bonchev–Trinajstić information content (AvgIpc) is 2.41. The van der Waals surface area contributed by atoms with Gasteiger partial charge in [-0.2, -0.15) is 4.40 Å². The molecule has 0 amide bonds. The van der Waals surface area contributed by atoms with Gasteiger partial charge in [0.15, 0.2) is 6.20 Å². The van der Waals surface area contributed by atoms with Gasteiger partial charge < -0.3 is 0 Å². The Labute approximate surface area is 129 Å². The Kier molecular flexibility index (Phi) is 4.65. The van der Waals surface area contributed by atoms with Crippen LogP contribution in [-0.4, -0.2) is 6.38 Å². The van der Waals surface area contributed by atoms with E-state index < -0.39 is 0 Å². The molecular weight excluding hydrogens is 380 g/mol. The number of alkyl halides is 1. The summed E-state index contributed by atoms with van der Waals surface area (Å²) in [6, 6.07) is 14.4. The largest absolute Gasteiger partial charge is 0.220 e. The number of hydrogen-bond donors (Lipinski definition) is 0. The van der Waals surface area contributed by atoms with Gasteiger partial charge in [0, 0.05) is 39.2 Å². The van der Waals surface area contributed by atoms with Gasteiger partial charge in [0.05, 0.1) is 5.39 Å². The lowest BCUT2D eigenvalue weighted by atomic mass is 10.2. The van der Waals surface area contributed by atoms with Gasteiger partial charge in [-0.05, 0) is 40.8 Å². The van der Waals surface area contributed by atoms with Crippen molar-refractivity contribution in [2.24, 2.45) is 0 Å². The molecule has 3 rings (SSSR count). The van der Waals surface area contributed by atoms with Crippen molar-refractivity contribution in [3.63, 3.8) is 0 Å². The molecule has 1 nitrogen and oxygen atoms in total. The maximum atomic E-state index is 6.06. The fourth-order valence-electron chi connectivity index (χ4n) is 1.91. The second-order valence-electron chi connectivity index (χ2n) is 3.65. The summed E-state index contributed by atoms with van der Waals surface area (Å²) >= 11 is 13.1. The number of benzene rings is 1. The molecule has 0 aliphatic heterocycles. The predicted octanol–water partition coefficient (Wildman–Crippen LogP) is 4.69. The minimum absolute atomic E-state index is 0.771. The van der Waals surface area contributed by atoms with Crippen LogP contribution in [0.4, 0.5) is 0 Å². The van der Waals surface area contributed by atoms with E-state index in [4.69, 9.17) is 11.6 Å². The summed E-state index contributed by atoms with van der Waals surface area (Å²) in [4.78, 5) is 0. The van der Waals surface area contributed by atoms with Gasteiger partial charge >= 0.3 is 0 Å². The first-order chi connectivity index (χ1) is 8.75. The highest BCUT2D eigenvalue weighted by Gasteiger charge is 2.11. The zero-order valence-corrected chi connectivity index (χ0v) is 13.4. The normalized spacial score (nSPS) is 10.2. The van der Waals surface area contributed by atoms with Gasteiger partial charge in [-0.1, -0.05) is 11.6 Å². The Hall–Kier alpha value is -0.580. The SMILES string of the molecule is CCl.Clc1ccc2c(I)cc3cccc[n+]3c2c1. The molecule has 92 valence electrons. The molecule has 0 spiro atoms. The van der Waals surface area contributed by atoms with E-state index in [1.54, 1.807) is 0 Å². The summed E-state index contributed by atoms with van der Waals surface area (Å²) in [5.41, 5.74) is 2.33. The lowest BCUT2D eigenvalue weighted by molar-refractivity contribution is -0.481. The van der Waals surface area contributed by atoms with Gasteiger partial charge in [0.25, 0.3) is 0 Å². The summed E-state index contributed by atoms with van der Waals surface area (Å²) in [6.07, 6.45) is 3.53. The fourth-order valence-corrected chi connectivity index (χ4v) is 2.85. The van der Waals surface area contributed by atoms with Crippen molar-refractivity contribution < 1.29 is 4.40 Å². The smallest absolute Gasteiger partial charge is 0.160 e. The van der Waals surface area contributed by atoms with Gasteiger partial charge in [-0.3, -0.25) is 0 Å². The van der Waals surface area contributed by atoms with Crippen molar-refractivity contribution in [2.45, 2.75) is 0 Å². The molecule has 0 fully saturated rings. The van der Waals surface area contributed by atoms with Gasteiger partial charge in [-0.25, -0.2) is 0 Å². The molecule has 0 radical (unpaired) electrons. The molecule has 4 heteroatoms. The van der Waals surface area contributed by atoms with Crippen LogP contribution >= 0.6 is 45.8 Å². The lowest BCUT2D eigenvalue weighted by Crippen LogP contribution is -2.22. The van der Waals surface area contributed by atoms with Crippen molar-refractivity contribution in [3.05, 3.63) is 57.3 Å². The molecule has 1 aromatic carbocycles. The van der Waals surface area contributed by atoms with E-state index in [9.17, 15) is 0 Å². The molecule has 3 aromatic rings. The first kappa shape index (κ1) is 13.8. The third-order valence-electron chi connectivity index (χ3n) is 2.64. The first-order valence-corrected chi connectivity index (χ1v) is 7.53. The third kappa shape index (κ3) is 2.56. The molecule has 0 saturated heterocycles. The van der Waals surface area contributed by atoms with E-state index in [1.165, 1.54) is 20.9 Å². The maximum absolute atomic E-state index is 6.06. The van der Waals surface area contributed by atoms with Gasteiger partial charge in [0.2, 0.25) is 11.0 Å². The predicted molar refractivity (Wildman–Crippen MR) is 86.6 cm³/mol. The Morgan fingerprint density at radius 2 is 1.83 bits per heavy atom. The monoisotopic (exact) mass is 390 g/mol. The Morgan fingerprint density at radius 3 is 2.61 bits per heavy atom. The van der Waals surface area contributed by atoms with E-state index in [0.29, 0.717) is 0 Å². The number of aromatic nitrogens is 1. The number of nitrogens with zero attached hydrogens (tertiary/aromatic N) is 1. The van der Waals surface area contributed by atoms with Crippen molar-refractivity contribution in [3.8, 4) is 0 Å². The van der Waals surface area contributed by atoms with Gasteiger partial charge in [-0.15, -0.1) is 11.6 Å². The van der Waals surface area contributed by atoms with Crippen molar-refractivity contribution >= 4 is 62.2 Å². The number of rotatable bonds is 0. The minimum Gasteiger partial charge on any atom is -0.160 e. The van der Waals surface area contributed by atoms with Crippen LogP contribution in [0.25, 0.3) is 16.4 Å². The molecule has 0 bridgehead atoms. The van der Waals surface area contributed by atoms with E-state index in [1.807, 2.05) is 24.3 Å². The second-order valence-corrected chi connectivity index (χ2v) is 5.25. The standard InChI is InChI=1S/C13H8ClIN.CH3Cl/c14-9-4-5-11-12(15)8-10-3-1-2-6-16(10)13(11)7-9;1-2/h1-8H;1H3/q+1;. The molecule has 0 N–H and O–H groups in total. The second kappa shape index (κ2) is 6.04. The van der Waals surface area contributed by atoms with E-state index in [0.717, 1.165) is 10.5 Å². The average molecular weight is 391 g/mol. The Morgan fingerprint density at radius 1 is 1.06 bits per heavy atom. The summed E-state index contributed by atoms with van der Waals surface area (Å²) in [7, 11) is 0. The number of hydrogen-bond acceptors (Lipinski definition) is 0. The van der Waals surface area contributed by atoms with Crippen LogP contribution in [0.5, 0.6) is 0 Å². The molecular formula is C14H11Cl2IN+. The van der Waals surface area contributed by atoms with Crippen LogP contribution in [0.2, 0.25) is 5.02 Å². The number of halogens is 3. The first-order valence-electron chi connectivity index (χ1n) is 5.32. The number of fused-ring (bicyclic) bond motifs is 3. The maximum Gasteiger partial charge on any atom is 0.220 e. The van der Waals surface area contributed by atoms with Crippen LogP contribution in [-0.2, 0) is 0 Å². The lowest BCUT2D eigenvalue weighted by Gasteiger charge is -2.00. The molecule has 0 aliphatic rings. The third-order valence-corrected chi connectivity index (χ3v) is 3.77. The van der Waals surface area contributed by atoms with E-state index in [2.05, 4.69) is 63.0 Å². The molecule has 18 heavy (non-hydrogen) atoms. The molecule has 2 heterocycles. The van der Waals surface area contributed by atoms with Crippen LogP contribution in [0, 0.1) is 3.57 Å². The minimum atomic E-state index is 0.771. The summed E-state index contributed by atoms with van der Waals surface area (Å²) < 4.78 is 3.40.